The molecule has 0 saturated carbocycles. The van der Waals surface area contributed by atoms with Crippen LogP contribution < -0.4 is 10.6 Å². The normalized spacial score (nSPS) is 12.9. The zero-order valence-electron chi connectivity index (χ0n) is 10.1. The van der Waals surface area contributed by atoms with Crippen LogP contribution in [0.3, 0.4) is 0 Å². The summed E-state index contributed by atoms with van der Waals surface area (Å²) in [7, 11) is 1.81. The standard InChI is InChI=1S/C13H14N4O/c1-17-8-11(7-15-17)16-13(18)10-3-2-9-4-5-14-12(9)6-10/h2-3,6-8,14H,4-5H2,1H3,(H,16,18). The van der Waals surface area contributed by atoms with Crippen molar-refractivity contribution < 1.29 is 4.79 Å². The van der Waals surface area contributed by atoms with Crippen LogP contribution in [0.25, 0.3) is 0 Å². The summed E-state index contributed by atoms with van der Waals surface area (Å²) in [6.45, 7) is 0.947. The molecule has 92 valence electrons. The third-order valence-electron chi connectivity index (χ3n) is 3.04. The Labute approximate surface area is 105 Å². The Morgan fingerprint density at radius 2 is 2.39 bits per heavy atom. The molecule has 2 aromatic rings. The molecule has 0 atom stereocenters. The molecule has 5 nitrogen and oxygen atoms in total. The zero-order chi connectivity index (χ0) is 12.5. The zero-order valence-corrected chi connectivity index (χ0v) is 10.1. The van der Waals surface area contributed by atoms with E-state index in [-0.39, 0.29) is 5.91 Å². The lowest BCUT2D eigenvalue weighted by Crippen LogP contribution is -2.11. The van der Waals surface area contributed by atoms with Gasteiger partial charge in [-0.15, -0.1) is 0 Å². The van der Waals surface area contributed by atoms with Crippen LogP contribution in [0.15, 0.2) is 30.6 Å². The lowest BCUT2D eigenvalue weighted by Gasteiger charge is -2.05. The Morgan fingerprint density at radius 3 is 3.17 bits per heavy atom. The van der Waals surface area contributed by atoms with Crippen molar-refractivity contribution in [3.63, 3.8) is 0 Å². The van der Waals surface area contributed by atoms with E-state index in [0.717, 1.165) is 18.7 Å². The molecule has 1 aliphatic rings. The average Bonchev–Trinajstić information content (AvgIpc) is 2.96. The summed E-state index contributed by atoms with van der Waals surface area (Å²) in [6.07, 6.45) is 4.42. The fourth-order valence-corrected chi connectivity index (χ4v) is 2.12. The third-order valence-corrected chi connectivity index (χ3v) is 3.04. The van der Waals surface area contributed by atoms with Crippen molar-refractivity contribution in [2.24, 2.45) is 7.05 Å². The number of nitrogens with zero attached hydrogens (tertiary/aromatic N) is 2. The van der Waals surface area contributed by atoms with Crippen molar-refractivity contribution in [1.82, 2.24) is 9.78 Å². The maximum absolute atomic E-state index is 12.0. The van der Waals surface area contributed by atoms with E-state index in [1.54, 1.807) is 17.1 Å². The maximum Gasteiger partial charge on any atom is 0.255 e. The lowest BCUT2D eigenvalue weighted by atomic mass is 10.1. The average molecular weight is 242 g/mol. The quantitative estimate of drug-likeness (QED) is 0.841. The van der Waals surface area contributed by atoms with Crippen LogP contribution in [0.1, 0.15) is 15.9 Å². The number of nitrogens with one attached hydrogen (secondary N) is 2. The molecule has 1 aromatic carbocycles. The van der Waals surface area contributed by atoms with Gasteiger partial charge < -0.3 is 10.6 Å². The second-order valence-corrected chi connectivity index (χ2v) is 4.41. The van der Waals surface area contributed by atoms with Gasteiger partial charge in [-0.1, -0.05) is 6.07 Å². The Bertz CT molecular complexity index is 603. The molecule has 0 radical (unpaired) electrons. The first kappa shape index (κ1) is 10.8. The highest BCUT2D eigenvalue weighted by atomic mass is 16.1. The van der Waals surface area contributed by atoms with E-state index < -0.39 is 0 Å². The number of aromatic nitrogens is 2. The summed E-state index contributed by atoms with van der Waals surface area (Å²) in [5, 5.41) is 10.1. The van der Waals surface area contributed by atoms with Gasteiger partial charge in [-0.3, -0.25) is 9.48 Å². The molecule has 0 aliphatic carbocycles. The largest absolute Gasteiger partial charge is 0.384 e. The number of anilines is 2. The number of aryl methyl sites for hydroxylation is 1. The summed E-state index contributed by atoms with van der Waals surface area (Å²) in [5.41, 5.74) is 3.70. The van der Waals surface area contributed by atoms with Gasteiger partial charge in [-0.2, -0.15) is 5.10 Å². The molecular weight excluding hydrogens is 228 g/mol. The van der Waals surface area contributed by atoms with Crippen LogP contribution in [0, 0.1) is 0 Å². The fourth-order valence-electron chi connectivity index (χ4n) is 2.12. The summed E-state index contributed by atoms with van der Waals surface area (Å²) in [6, 6.07) is 5.76. The van der Waals surface area contributed by atoms with Crippen molar-refractivity contribution in [2.75, 3.05) is 17.2 Å². The van der Waals surface area contributed by atoms with Crippen molar-refractivity contribution in [3.8, 4) is 0 Å². The first-order valence-corrected chi connectivity index (χ1v) is 5.89. The van der Waals surface area contributed by atoms with Gasteiger partial charge in [0, 0.05) is 31.0 Å². The molecule has 1 aromatic heterocycles. The van der Waals surface area contributed by atoms with E-state index in [0.29, 0.717) is 11.3 Å². The minimum atomic E-state index is -0.112. The SMILES string of the molecule is Cn1cc(NC(=O)c2ccc3c(c2)NCC3)cn1. The van der Waals surface area contributed by atoms with Crippen LogP contribution in [0.4, 0.5) is 11.4 Å². The molecular formula is C13H14N4O. The monoisotopic (exact) mass is 242 g/mol. The number of amides is 1. The van der Waals surface area contributed by atoms with Crippen LogP contribution in [0.2, 0.25) is 0 Å². The number of benzene rings is 1. The highest BCUT2D eigenvalue weighted by molar-refractivity contribution is 6.04. The van der Waals surface area contributed by atoms with Gasteiger partial charge in [-0.25, -0.2) is 0 Å². The fraction of sp³-hybridized carbons (Fsp3) is 0.231. The third kappa shape index (κ3) is 1.95. The van der Waals surface area contributed by atoms with Crippen LogP contribution in [-0.4, -0.2) is 22.2 Å². The minimum absolute atomic E-state index is 0.112. The molecule has 1 aliphatic heterocycles. The van der Waals surface area contributed by atoms with Crippen molar-refractivity contribution in [2.45, 2.75) is 6.42 Å². The number of hydrogen-bond acceptors (Lipinski definition) is 3. The summed E-state index contributed by atoms with van der Waals surface area (Å²) in [4.78, 5) is 12.0. The van der Waals surface area contributed by atoms with Gasteiger partial charge in [0.05, 0.1) is 11.9 Å². The first-order chi connectivity index (χ1) is 8.72. The van der Waals surface area contributed by atoms with E-state index >= 15 is 0 Å². The number of fused-ring (bicyclic) bond motifs is 1. The van der Waals surface area contributed by atoms with Crippen LogP contribution in [0.5, 0.6) is 0 Å². The summed E-state index contributed by atoms with van der Waals surface area (Å²) < 4.78 is 1.65. The van der Waals surface area contributed by atoms with Crippen molar-refractivity contribution in [3.05, 3.63) is 41.7 Å². The van der Waals surface area contributed by atoms with E-state index in [1.165, 1.54) is 5.56 Å². The predicted molar refractivity (Wildman–Crippen MR) is 69.8 cm³/mol. The van der Waals surface area contributed by atoms with Gasteiger partial charge in [0.2, 0.25) is 0 Å². The van der Waals surface area contributed by atoms with Crippen LogP contribution >= 0.6 is 0 Å². The molecule has 2 N–H and O–H groups in total. The molecule has 18 heavy (non-hydrogen) atoms. The molecule has 2 heterocycles. The molecule has 0 saturated heterocycles. The summed E-state index contributed by atoms with van der Waals surface area (Å²) in [5.74, 6) is -0.112. The number of carbonyl (C=O) groups is 1. The maximum atomic E-state index is 12.0. The molecule has 0 spiro atoms. The molecule has 5 heteroatoms. The second kappa shape index (κ2) is 4.18. The highest BCUT2D eigenvalue weighted by Gasteiger charge is 2.13. The molecule has 0 bridgehead atoms. The van der Waals surface area contributed by atoms with Crippen molar-refractivity contribution in [1.29, 1.82) is 0 Å². The Morgan fingerprint density at radius 1 is 1.50 bits per heavy atom. The predicted octanol–water partition coefficient (Wildman–Crippen LogP) is 1.64. The smallest absolute Gasteiger partial charge is 0.255 e. The van der Waals surface area contributed by atoms with Gasteiger partial charge >= 0.3 is 0 Å². The van der Waals surface area contributed by atoms with Gasteiger partial charge in [0.15, 0.2) is 0 Å². The van der Waals surface area contributed by atoms with Crippen LogP contribution in [-0.2, 0) is 13.5 Å². The second-order valence-electron chi connectivity index (χ2n) is 4.41. The van der Waals surface area contributed by atoms with Crippen molar-refractivity contribution >= 4 is 17.3 Å². The first-order valence-electron chi connectivity index (χ1n) is 5.89. The Kier molecular flexibility index (Phi) is 2.51. The Hall–Kier alpha value is -2.30. The summed E-state index contributed by atoms with van der Waals surface area (Å²) >= 11 is 0. The number of rotatable bonds is 2. The molecule has 0 unspecified atom stereocenters. The number of carbonyl (C=O) groups excluding carboxylic acids is 1. The van der Waals surface area contributed by atoms with E-state index in [1.807, 2.05) is 25.2 Å². The highest BCUT2D eigenvalue weighted by Crippen LogP contribution is 2.23. The van der Waals surface area contributed by atoms with E-state index in [2.05, 4.69) is 15.7 Å². The molecule has 3 rings (SSSR count). The van der Waals surface area contributed by atoms with E-state index in [4.69, 9.17) is 0 Å². The van der Waals surface area contributed by atoms with Gasteiger partial charge in [0.25, 0.3) is 5.91 Å². The minimum Gasteiger partial charge on any atom is -0.384 e. The molecule has 0 fully saturated rings. The van der Waals surface area contributed by atoms with Gasteiger partial charge in [0.1, 0.15) is 0 Å². The number of hydrogen-bond donors (Lipinski definition) is 2. The lowest BCUT2D eigenvalue weighted by molar-refractivity contribution is 0.102. The van der Waals surface area contributed by atoms with E-state index in [9.17, 15) is 4.79 Å². The topological polar surface area (TPSA) is 59.0 Å². The Balaban J connectivity index is 1.80. The molecule has 1 amide bonds. The van der Waals surface area contributed by atoms with Gasteiger partial charge in [-0.05, 0) is 24.1 Å².